The van der Waals surface area contributed by atoms with E-state index in [0.717, 1.165) is 24.8 Å². The van der Waals surface area contributed by atoms with Gasteiger partial charge in [0.1, 0.15) is 0 Å². The minimum Gasteiger partial charge on any atom is -0.355 e. The molecule has 5 nitrogen and oxygen atoms in total. The molecule has 0 unspecified atom stereocenters. The lowest BCUT2D eigenvalue weighted by atomic mass is 10.1. The second-order valence-corrected chi connectivity index (χ2v) is 6.96. The van der Waals surface area contributed by atoms with E-state index in [1.165, 1.54) is 17.4 Å². The number of piperidine rings is 1. The van der Waals surface area contributed by atoms with Gasteiger partial charge in [-0.1, -0.05) is 12.5 Å². The molecule has 1 heterocycles. The van der Waals surface area contributed by atoms with Crippen LogP contribution < -0.4 is 5.32 Å². The third-order valence-corrected chi connectivity index (χ3v) is 5.53. The molecule has 1 saturated heterocycles. The summed E-state index contributed by atoms with van der Waals surface area (Å²) in [7, 11) is -1.95. The number of carbonyl (C=O) groups is 1. The van der Waals surface area contributed by atoms with E-state index < -0.39 is 10.0 Å². The molecule has 6 heteroatoms. The zero-order chi connectivity index (χ0) is 14.8. The molecule has 1 aliphatic rings. The first-order valence-corrected chi connectivity index (χ1v) is 8.23. The van der Waals surface area contributed by atoms with Crippen molar-refractivity contribution in [1.29, 1.82) is 0 Å². The fourth-order valence-corrected chi connectivity index (χ4v) is 3.94. The molecule has 0 aliphatic carbocycles. The smallest absolute Gasteiger partial charge is 0.251 e. The maximum atomic E-state index is 12.6. The number of nitrogens with zero attached hydrogens (tertiary/aromatic N) is 1. The van der Waals surface area contributed by atoms with Crippen LogP contribution in [0.2, 0.25) is 0 Å². The lowest BCUT2D eigenvalue weighted by Gasteiger charge is -2.26. The van der Waals surface area contributed by atoms with E-state index in [1.54, 1.807) is 19.1 Å². The molecule has 0 aromatic heterocycles. The van der Waals surface area contributed by atoms with Gasteiger partial charge in [-0.25, -0.2) is 8.42 Å². The topological polar surface area (TPSA) is 66.5 Å². The highest BCUT2D eigenvalue weighted by Gasteiger charge is 2.26. The zero-order valence-corrected chi connectivity index (χ0v) is 12.7. The van der Waals surface area contributed by atoms with E-state index in [-0.39, 0.29) is 10.8 Å². The number of rotatable bonds is 3. The molecule has 0 atom stereocenters. The van der Waals surface area contributed by atoms with Crippen LogP contribution in [0.3, 0.4) is 0 Å². The average molecular weight is 296 g/mol. The van der Waals surface area contributed by atoms with E-state index >= 15 is 0 Å². The lowest BCUT2D eigenvalue weighted by molar-refractivity contribution is 0.0962. The standard InChI is InChI=1S/C14H20N2O3S/c1-11-6-7-12(10-13(11)14(17)15-2)20(18,19)16-8-4-3-5-9-16/h6-7,10H,3-5,8-9H2,1-2H3,(H,15,17). The first-order chi connectivity index (χ1) is 9.46. The molecule has 1 aliphatic heterocycles. The highest BCUT2D eigenvalue weighted by atomic mass is 32.2. The van der Waals surface area contributed by atoms with Gasteiger partial charge >= 0.3 is 0 Å². The predicted molar refractivity (Wildman–Crippen MR) is 77.2 cm³/mol. The van der Waals surface area contributed by atoms with Gasteiger partial charge in [0.05, 0.1) is 4.90 Å². The number of amides is 1. The number of sulfonamides is 1. The maximum Gasteiger partial charge on any atom is 0.251 e. The number of benzene rings is 1. The van der Waals surface area contributed by atoms with Gasteiger partial charge in [-0.2, -0.15) is 4.31 Å². The van der Waals surface area contributed by atoms with Gasteiger partial charge in [0.15, 0.2) is 0 Å². The second-order valence-electron chi connectivity index (χ2n) is 5.02. The Kier molecular flexibility index (Phi) is 4.45. The second kappa shape index (κ2) is 5.93. The molecule has 1 fully saturated rings. The van der Waals surface area contributed by atoms with Gasteiger partial charge in [-0.3, -0.25) is 4.79 Å². The first-order valence-electron chi connectivity index (χ1n) is 6.79. The Morgan fingerprint density at radius 3 is 2.45 bits per heavy atom. The van der Waals surface area contributed by atoms with Crippen molar-refractivity contribution >= 4 is 15.9 Å². The molecule has 0 bridgehead atoms. The van der Waals surface area contributed by atoms with Crippen molar-refractivity contribution in [3.63, 3.8) is 0 Å². The van der Waals surface area contributed by atoms with E-state index in [4.69, 9.17) is 0 Å². The van der Waals surface area contributed by atoms with Crippen molar-refractivity contribution in [2.75, 3.05) is 20.1 Å². The SMILES string of the molecule is CNC(=O)c1cc(S(=O)(=O)N2CCCCC2)ccc1C. The molecule has 1 amide bonds. The maximum absolute atomic E-state index is 12.6. The van der Waals surface area contributed by atoms with Crippen LogP contribution in [0.1, 0.15) is 35.2 Å². The lowest BCUT2D eigenvalue weighted by Crippen LogP contribution is -2.35. The summed E-state index contributed by atoms with van der Waals surface area (Å²) in [6.45, 7) is 2.92. The Morgan fingerprint density at radius 1 is 1.20 bits per heavy atom. The van der Waals surface area contributed by atoms with Crippen LogP contribution in [0, 0.1) is 6.92 Å². The van der Waals surface area contributed by atoms with Crippen LogP contribution in [0.25, 0.3) is 0 Å². The van der Waals surface area contributed by atoms with Crippen LogP contribution in [-0.4, -0.2) is 38.8 Å². The van der Waals surface area contributed by atoms with Gasteiger partial charge in [0.2, 0.25) is 10.0 Å². The third kappa shape index (κ3) is 2.86. The monoisotopic (exact) mass is 296 g/mol. The quantitative estimate of drug-likeness (QED) is 0.920. The largest absolute Gasteiger partial charge is 0.355 e. The molecule has 1 N–H and O–H groups in total. The van der Waals surface area contributed by atoms with Crippen LogP contribution in [0.4, 0.5) is 0 Å². The van der Waals surface area contributed by atoms with Gasteiger partial charge < -0.3 is 5.32 Å². The van der Waals surface area contributed by atoms with Crippen LogP contribution >= 0.6 is 0 Å². The normalized spacial score (nSPS) is 16.9. The van der Waals surface area contributed by atoms with Crippen molar-refractivity contribution in [3.05, 3.63) is 29.3 Å². The number of aryl methyl sites for hydroxylation is 1. The van der Waals surface area contributed by atoms with Crippen LogP contribution in [0.15, 0.2) is 23.1 Å². The van der Waals surface area contributed by atoms with Crippen LogP contribution in [0.5, 0.6) is 0 Å². The fourth-order valence-electron chi connectivity index (χ4n) is 2.40. The highest BCUT2D eigenvalue weighted by molar-refractivity contribution is 7.89. The Morgan fingerprint density at radius 2 is 1.85 bits per heavy atom. The van der Waals surface area contributed by atoms with Crippen molar-refractivity contribution in [1.82, 2.24) is 9.62 Å². The molecule has 20 heavy (non-hydrogen) atoms. The summed E-state index contributed by atoms with van der Waals surface area (Å²) >= 11 is 0. The summed E-state index contributed by atoms with van der Waals surface area (Å²) in [5.74, 6) is -0.266. The summed E-state index contributed by atoms with van der Waals surface area (Å²) in [5, 5.41) is 2.53. The number of hydrogen-bond acceptors (Lipinski definition) is 3. The number of hydrogen-bond donors (Lipinski definition) is 1. The molecular formula is C14H20N2O3S. The molecule has 1 aromatic rings. The number of nitrogens with one attached hydrogen (secondary N) is 1. The summed E-state index contributed by atoms with van der Waals surface area (Å²) in [6, 6.07) is 4.73. The predicted octanol–water partition coefficient (Wildman–Crippen LogP) is 1.53. The molecule has 1 aromatic carbocycles. The Bertz CT molecular complexity index is 605. The Labute approximate surface area is 120 Å². The van der Waals surface area contributed by atoms with Crippen molar-refractivity contribution in [2.24, 2.45) is 0 Å². The molecule has 0 radical (unpaired) electrons. The third-order valence-electron chi connectivity index (χ3n) is 3.63. The Balaban J connectivity index is 2.39. The van der Waals surface area contributed by atoms with E-state index in [2.05, 4.69) is 5.32 Å². The van der Waals surface area contributed by atoms with Crippen LogP contribution in [-0.2, 0) is 10.0 Å². The van der Waals surface area contributed by atoms with Gasteiger partial charge in [-0.15, -0.1) is 0 Å². The molecular weight excluding hydrogens is 276 g/mol. The van der Waals surface area contributed by atoms with Gasteiger partial charge in [0.25, 0.3) is 5.91 Å². The minimum atomic E-state index is -3.49. The van der Waals surface area contributed by atoms with Crippen molar-refractivity contribution in [3.8, 4) is 0 Å². The van der Waals surface area contributed by atoms with Crippen molar-refractivity contribution < 1.29 is 13.2 Å². The first kappa shape index (κ1) is 15.0. The average Bonchev–Trinajstić information content (AvgIpc) is 2.47. The van der Waals surface area contributed by atoms with E-state index in [0.29, 0.717) is 18.7 Å². The summed E-state index contributed by atoms with van der Waals surface area (Å²) in [6.07, 6.45) is 2.87. The van der Waals surface area contributed by atoms with Gasteiger partial charge in [0, 0.05) is 25.7 Å². The van der Waals surface area contributed by atoms with Gasteiger partial charge in [-0.05, 0) is 37.5 Å². The summed E-state index contributed by atoms with van der Waals surface area (Å²) in [5.41, 5.74) is 1.17. The molecule has 0 saturated carbocycles. The minimum absolute atomic E-state index is 0.198. The fraction of sp³-hybridized carbons (Fsp3) is 0.500. The Hall–Kier alpha value is -1.40. The molecule has 0 spiro atoms. The summed E-state index contributed by atoms with van der Waals surface area (Å²) in [4.78, 5) is 12.0. The highest BCUT2D eigenvalue weighted by Crippen LogP contribution is 2.22. The van der Waals surface area contributed by atoms with E-state index in [9.17, 15) is 13.2 Å². The molecule has 2 rings (SSSR count). The van der Waals surface area contributed by atoms with Crippen molar-refractivity contribution in [2.45, 2.75) is 31.1 Å². The summed E-state index contributed by atoms with van der Waals surface area (Å²) < 4.78 is 26.6. The molecule has 110 valence electrons. The van der Waals surface area contributed by atoms with E-state index in [1.807, 2.05) is 0 Å². The number of carbonyl (C=O) groups excluding carboxylic acids is 1. The zero-order valence-electron chi connectivity index (χ0n) is 11.8.